The zero-order valence-electron chi connectivity index (χ0n) is 16.3. The first-order chi connectivity index (χ1) is 14.0. The lowest BCUT2D eigenvalue weighted by Crippen LogP contribution is -2.33. The van der Waals surface area contributed by atoms with Crippen molar-refractivity contribution in [2.75, 3.05) is 4.90 Å². The fourth-order valence-corrected chi connectivity index (χ4v) is 3.36. The van der Waals surface area contributed by atoms with Gasteiger partial charge in [-0.1, -0.05) is 29.8 Å². The summed E-state index contributed by atoms with van der Waals surface area (Å²) in [4.78, 5) is 34.7. The minimum atomic E-state index is -0.250. The third-order valence-corrected chi connectivity index (χ3v) is 4.85. The first-order valence-corrected chi connectivity index (χ1v) is 9.43. The Morgan fingerprint density at radius 2 is 1.79 bits per heavy atom. The summed E-state index contributed by atoms with van der Waals surface area (Å²) in [6, 6.07) is 20.6. The number of amides is 1. The summed E-state index contributed by atoms with van der Waals surface area (Å²) >= 11 is 0. The summed E-state index contributed by atoms with van der Waals surface area (Å²) in [5, 5.41) is 0.939. The second-order valence-corrected chi connectivity index (χ2v) is 7.16. The van der Waals surface area contributed by atoms with Crippen molar-refractivity contribution in [2.24, 2.45) is 0 Å². The van der Waals surface area contributed by atoms with Gasteiger partial charge in [0.05, 0.1) is 6.54 Å². The van der Waals surface area contributed by atoms with Gasteiger partial charge in [0.15, 0.2) is 0 Å². The number of fused-ring (bicyclic) bond motifs is 1. The van der Waals surface area contributed by atoms with Crippen molar-refractivity contribution in [3.63, 3.8) is 0 Å². The number of nitrogens with one attached hydrogen (secondary N) is 1. The maximum Gasteiger partial charge on any atom is 0.277 e. The van der Waals surface area contributed by atoms with E-state index in [0.717, 1.165) is 27.7 Å². The molecule has 0 fully saturated rings. The number of nitrogens with zero attached hydrogens (tertiary/aromatic N) is 2. The predicted octanol–water partition coefficient (Wildman–Crippen LogP) is 4.39. The zero-order chi connectivity index (χ0) is 20.4. The van der Waals surface area contributed by atoms with E-state index in [4.69, 9.17) is 0 Å². The molecule has 2 aromatic heterocycles. The Morgan fingerprint density at radius 3 is 2.55 bits per heavy atom. The number of aromatic amines is 1. The minimum absolute atomic E-state index is 0.151. The lowest BCUT2D eigenvalue weighted by Gasteiger charge is -2.23. The second-order valence-electron chi connectivity index (χ2n) is 7.16. The highest BCUT2D eigenvalue weighted by atomic mass is 16.2. The van der Waals surface area contributed by atoms with E-state index in [0.29, 0.717) is 11.3 Å². The van der Waals surface area contributed by atoms with Gasteiger partial charge in [0, 0.05) is 23.0 Å². The molecule has 0 saturated heterocycles. The summed E-state index contributed by atoms with van der Waals surface area (Å²) < 4.78 is 0. The van der Waals surface area contributed by atoms with Crippen LogP contribution in [-0.2, 0) is 6.54 Å². The molecule has 2 aromatic carbocycles. The molecule has 5 heteroatoms. The van der Waals surface area contributed by atoms with Crippen LogP contribution in [0.25, 0.3) is 10.9 Å². The maximum absolute atomic E-state index is 13.2. The van der Waals surface area contributed by atoms with Crippen molar-refractivity contribution >= 4 is 22.5 Å². The van der Waals surface area contributed by atoms with Crippen LogP contribution < -0.4 is 10.5 Å². The molecular formula is C24H21N3O2. The number of aromatic nitrogens is 2. The van der Waals surface area contributed by atoms with E-state index in [9.17, 15) is 9.59 Å². The fraction of sp³-hybridized carbons (Fsp3) is 0.125. The first kappa shape index (κ1) is 18.6. The number of anilines is 1. The molecule has 29 heavy (non-hydrogen) atoms. The van der Waals surface area contributed by atoms with Crippen LogP contribution in [0.3, 0.4) is 0 Å². The molecule has 0 aliphatic heterocycles. The molecule has 4 aromatic rings. The van der Waals surface area contributed by atoms with Crippen molar-refractivity contribution < 1.29 is 4.79 Å². The number of hydrogen-bond donors (Lipinski definition) is 1. The number of pyridine rings is 2. The second kappa shape index (κ2) is 7.72. The van der Waals surface area contributed by atoms with Gasteiger partial charge in [0.2, 0.25) is 0 Å². The average Bonchev–Trinajstić information content (AvgIpc) is 2.72. The molecule has 4 rings (SSSR count). The Hall–Kier alpha value is -3.73. The van der Waals surface area contributed by atoms with E-state index in [1.807, 2.05) is 62.4 Å². The van der Waals surface area contributed by atoms with E-state index in [-0.39, 0.29) is 18.0 Å². The van der Waals surface area contributed by atoms with E-state index < -0.39 is 0 Å². The molecule has 0 spiro atoms. The quantitative estimate of drug-likeness (QED) is 0.568. The number of carbonyl (C=O) groups is 1. The van der Waals surface area contributed by atoms with Gasteiger partial charge in [-0.15, -0.1) is 0 Å². The normalized spacial score (nSPS) is 10.8. The Bertz CT molecular complexity index is 1250. The van der Waals surface area contributed by atoms with Crippen LogP contribution in [0.4, 0.5) is 5.69 Å². The zero-order valence-corrected chi connectivity index (χ0v) is 16.3. The van der Waals surface area contributed by atoms with Gasteiger partial charge in [-0.2, -0.15) is 0 Å². The van der Waals surface area contributed by atoms with Crippen LogP contribution >= 0.6 is 0 Å². The number of benzene rings is 2. The Balaban J connectivity index is 1.80. The number of carbonyl (C=O) groups excluding carboxylic acids is 1. The molecule has 5 nitrogen and oxygen atoms in total. The van der Waals surface area contributed by atoms with Crippen LogP contribution in [0.2, 0.25) is 0 Å². The van der Waals surface area contributed by atoms with Gasteiger partial charge in [-0.3, -0.25) is 14.6 Å². The molecule has 0 aliphatic carbocycles. The maximum atomic E-state index is 13.2. The number of aryl methyl sites for hydroxylation is 2. The smallest absolute Gasteiger partial charge is 0.277 e. The van der Waals surface area contributed by atoms with Gasteiger partial charge < -0.3 is 9.88 Å². The summed E-state index contributed by atoms with van der Waals surface area (Å²) in [7, 11) is 0. The highest BCUT2D eigenvalue weighted by Crippen LogP contribution is 2.21. The predicted molar refractivity (Wildman–Crippen MR) is 115 cm³/mol. The molecule has 0 bridgehead atoms. The molecule has 0 saturated carbocycles. The van der Waals surface area contributed by atoms with Crippen LogP contribution in [0.5, 0.6) is 0 Å². The molecule has 144 valence electrons. The molecule has 0 aliphatic rings. The van der Waals surface area contributed by atoms with Crippen LogP contribution in [0.1, 0.15) is 27.2 Å². The van der Waals surface area contributed by atoms with Crippen molar-refractivity contribution in [2.45, 2.75) is 20.4 Å². The van der Waals surface area contributed by atoms with Gasteiger partial charge in [-0.25, -0.2) is 0 Å². The molecule has 1 amide bonds. The van der Waals surface area contributed by atoms with Crippen LogP contribution in [-0.4, -0.2) is 15.9 Å². The molecule has 0 radical (unpaired) electrons. The molecule has 0 unspecified atom stereocenters. The van der Waals surface area contributed by atoms with Crippen molar-refractivity contribution in [3.05, 3.63) is 106 Å². The van der Waals surface area contributed by atoms with Gasteiger partial charge in [0.25, 0.3) is 11.5 Å². The standard InChI is InChI=1S/C24H21N3O2/c1-16-6-5-7-20(13-16)27(24(29)22-8-3-4-11-25-22)15-19-14-18-12-17(2)9-10-21(18)26-23(19)28/h3-14H,15H2,1-2H3,(H,26,28). The van der Waals surface area contributed by atoms with E-state index in [1.165, 1.54) is 0 Å². The first-order valence-electron chi connectivity index (χ1n) is 9.43. The highest BCUT2D eigenvalue weighted by molar-refractivity contribution is 6.04. The molecular weight excluding hydrogens is 362 g/mol. The molecule has 0 atom stereocenters. The summed E-state index contributed by atoms with van der Waals surface area (Å²) in [6.07, 6.45) is 1.59. The Labute approximate surface area is 168 Å². The molecule has 1 N–H and O–H groups in total. The number of hydrogen-bond acceptors (Lipinski definition) is 3. The van der Waals surface area contributed by atoms with Gasteiger partial charge in [-0.05, 0) is 67.3 Å². The SMILES string of the molecule is Cc1cccc(N(Cc2cc3cc(C)ccc3[nH]c2=O)C(=O)c2ccccn2)c1. The molecule has 2 heterocycles. The highest BCUT2D eigenvalue weighted by Gasteiger charge is 2.21. The third-order valence-electron chi connectivity index (χ3n) is 4.85. The number of rotatable bonds is 4. The van der Waals surface area contributed by atoms with Crippen molar-refractivity contribution in [1.29, 1.82) is 0 Å². The Kier molecular flexibility index (Phi) is 4.96. The summed E-state index contributed by atoms with van der Waals surface area (Å²) in [5.74, 6) is -0.250. The van der Waals surface area contributed by atoms with Gasteiger partial charge >= 0.3 is 0 Å². The Morgan fingerprint density at radius 1 is 0.966 bits per heavy atom. The van der Waals surface area contributed by atoms with Gasteiger partial charge in [0.1, 0.15) is 5.69 Å². The fourth-order valence-electron chi connectivity index (χ4n) is 3.36. The summed E-state index contributed by atoms with van der Waals surface area (Å²) in [5.41, 5.74) is 4.30. The topological polar surface area (TPSA) is 66.1 Å². The minimum Gasteiger partial charge on any atom is -0.322 e. The van der Waals surface area contributed by atoms with E-state index in [1.54, 1.807) is 29.3 Å². The number of H-pyrrole nitrogens is 1. The van der Waals surface area contributed by atoms with Crippen molar-refractivity contribution in [1.82, 2.24) is 9.97 Å². The lowest BCUT2D eigenvalue weighted by atomic mass is 10.1. The monoisotopic (exact) mass is 383 g/mol. The van der Waals surface area contributed by atoms with Crippen molar-refractivity contribution in [3.8, 4) is 0 Å². The third kappa shape index (κ3) is 3.94. The van der Waals surface area contributed by atoms with E-state index >= 15 is 0 Å². The largest absolute Gasteiger partial charge is 0.322 e. The van der Waals surface area contributed by atoms with E-state index in [2.05, 4.69) is 9.97 Å². The summed E-state index contributed by atoms with van der Waals surface area (Å²) in [6.45, 7) is 4.13. The average molecular weight is 383 g/mol. The van der Waals surface area contributed by atoms with Crippen LogP contribution in [0, 0.1) is 13.8 Å². The van der Waals surface area contributed by atoms with Crippen LogP contribution in [0.15, 0.2) is 77.7 Å². The lowest BCUT2D eigenvalue weighted by molar-refractivity contribution is 0.0980.